The third-order valence-corrected chi connectivity index (χ3v) is 10.0. The highest BCUT2D eigenvalue weighted by Crippen LogP contribution is 2.60. The first-order valence-electron chi connectivity index (χ1n) is 13.3. The van der Waals surface area contributed by atoms with Gasteiger partial charge in [0.05, 0.1) is 30.3 Å². The molecule has 3 rings (SSSR count). The molecule has 3 saturated carbocycles. The summed E-state index contributed by atoms with van der Waals surface area (Å²) < 4.78 is 0. The Morgan fingerprint density at radius 1 is 0.939 bits per heavy atom. The van der Waals surface area contributed by atoms with Crippen molar-refractivity contribution in [1.29, 1.82) is 0 Å². The zero-order chi connectivity index (χ0) is 24.6. The normalized spacial score (nSPS) is 44.8. The molecule has 0 radical (unpaired) electrons. The van der Waals surface area contributed by atoms with Gasteiger partial charge in [0.1, 0.15) is 5.78 Å². The van der Waals surface area contributed by atoms with Crippen LogP contribution in [0.25, 0.3) is 0 Å². The van der Waals surface area contributed by atoms with Crippen LogP contribution in [0.4, 0.5) is 0 Å². The lowest BCUT2D eigenvalue weighted by atomic mass is 9.50. The van der Waals surface area contributed by atoms with Crippen LogP contribution >= 0.6 is 0 Å². The summed E-state index contributed by atoms with van der Waals surface area (Å²) in [5, 5.41) is 52.0. The summed E-state index contributed by atoms with van der Waals surface area (Å²) in [5.41, 5.74) is -1.40. The van der Waals surface area contributed by atoms with Crippen LogP contribution in [0.5, 0.6) is 0 Å². The highest BCUT2D eigenvalue weighted by molar-refractivity contribution is 5.89. The Balaban J connectivity index is 1.86. The summed E-state index contributed by atoms with van der Waals surface area (Å²) >= 11 is 0. The number of carbonyl (C=O) groups is 1. The molecule has 0 aromatic rings. The maximum absolute atomic E-state index is 14.0. The predicted octanol–water partition coefficient (Wildman–Crippen LogP) is 2.92. The van der Waals surface area contributed by atoms with E-state index in [1.165, 1.54) is 12.8 Å². The molecule has 0 amide bonds. The number of hydrogen-bond donors (Lipinski definition) is 5. The molecule has 6 heteroatoms. The van der Waals surface area contributed by atoms with Gasteiger partial charge >= 0.3 is 0 Å². The van der Waals surface area contributed by atoms with Crippen molar-refractivity contribution in [2.24, 2.45) is 46.3 Å². The molecule has 0 heterocycles. The zero-order valence-electron chi connectivity index (χ0n) is 21.1. The quantitative estimate of drug-likeness (QED) is 0.355. The highest BCUT2D eigenvalue weighted by atomic mass is 16.3. The minimum atomic E-state index is -1.19. The minimum absolute atomic E-state index is 0.000193. The molecule has 0 bridgehead atoms. The van der Waals surface area contributed by atoms with E-state index in [9.17, 15) is 30.3 Å². The fourth-order valence-electron chi connectivity index (χ4n) is 8.17. The third-order valence-electron chi connectivity index (χ3n) is 10.0. The van der Waals surface area contributed by atoms with E-state index in [1.54, 1.807) is 0 Å². The maximum atomic E-state index is 14.0. The summed E-state index contributed by atoms with van der Waals surface area (Å²) in [4.78, 5) is 14.0. The first-order chi connectivity index (χ1) is 15.5. The van der Waals surface area contributed by atoms with Gasteiger partial charge in [0.2, 0.25) is 0 Å². The number of fused-ring (bicyclic) bond motifs is 1. The van der Waals surface area contributed by atoms with Gasteiger partial charge in [-0.2, -0.15) is 0 Å². The van der Waals surface area contributed by atoms with Crippen molar-refractivity contribution < 1.29 is 30.3 Å². The van der Waals surface area contributed by atoms with E-state index in [4.69, 9.17) is 0 Å². The topological polar surface area (TPSA) is 118 Å². The molecule has 33 heavy (non-hydrogen) atoms. The number of rotatable bonds is 9. The Labute approximate surface area is 199 Å². The van der Waals surface area contributed by atoms with E-state index in [1.807, 2.05) is 0 Å². The monoisotopic (exact) mass is 468 g/mol. The summed E-state index contributed by atoms with van der Waals surface area (Å²) in [6.45, 7) is 8.69. The molecule has 10 atom stereocenters. The Morgan fingerprint density at radius 3 is 2.24 bits per heavy atom. The van der Waals surface area contributed by atoms with E-state index in [2.05, 4.69) is 27.7 Å². The second-order valence-corrected chi connectivity index (χ2v) is 12.3. The first-order valence-corrected chi connectivity index (χ1v) is 13.3. The summed E-state index contributed by atoms with van der Waals surface area (Å²) in [7, 11) is 0. The highest BCUT2D eigenvalue weighted by Gasteiger charge is 2.62. The second-order valence-electron chi connectivity index (χ2n) is 12.3. The van der Waals surface area contributed by atoms with Crippen molar-refractivity contribution in [2.45, 2.75) is 104 Å². The average Bonchev–Trinajstić information content (AvgIpc) is 3.08. The number of Topliss-reactive ketones (excluding diaryl/α,β-unsaturated/α-hetero) is 1. The van der Waals surface area contributed by atoms with Crippen LogP contribution in [-0.2, 0) is 4.79 Å². The summed E-state index contributed by atoms with van der Waals surface area (Å²) in [5.74, 6) is 0.668. The van der Waals surface area contributed by atoms with Crippen molar-refractivity contribution in [1.82, 2.24) is 0 Å². The average molecular weight is 469 g/mol. The van der Waals surface area contributed by atoms with E-state index in [0.717, 1.165) is 19.3 Å². The van der Waals surface area contributed by atoms with Crippen LogP contribution < -0.4 is 0 Å². The van der Waals surface area contributed by atoms with E-state index >= 15 is 0 Å². The molecule has 3 aliphatic rings. The van der Waals surface area contributed by atoms with Gasteiger partial charge in [-0.25, -0.2) is 0 Å². The lowest BCUT2D eigenvalue weighted by Gasteiger charge is -2.54. The number of ketones is 1. The Morgan fingerprint density at radius 2 is 1.64 bits per heavy atom. The summed E-state index contributed by atoms with van der Waals surface area (Å²) in [6.07, 6.45) is 3.72. The van der Waals surface area contributed by atoms with Crippen LogP contribution in [0.15, 0.2) is 0 Å². The third kappa shape index (κ3) is 4.93. The lowest BCUT2D eigenvalue weighted by Crippen LogP contribution is -2.62. The number of aliphatic hydroxyl groups excluding tert-OH is 5. The first kappa shape index (κ1) is 27.1. The van der Waals surface area contributed by atoms with Gasteiger partial charge in [-0.15, -0.1) is 0 Å². The SMILES string of the molecule is CC(C)CCC[C@@H](C)[C@H]1CC[C@@H]([C@@H]2C[C@@H](O)[C@@H]3C[C@@H](O)[C@@H](O)C[C@]3(CO)C2=O)[C@]1(C)CCO. The van der Waals surface area contributed by atoms with Gasteiger partial charge in [0.25, 0.3) is 0 Å². The molecule has 0 aliphatic heterocycles. The van der Waals surface area contributed by atoms with Crippen LogP contribution in [0.3, 0.4) is 0 Å². The minimum Gasteiger partial charge on any atom is -0.396 e. The van der Waals surface area contributed by atoms with Crippen molar-refractivity contribution in [3.8, 4) is 0 Å². The van der Waals surface area contributed by atoms with Crippen molar-refractivity contribution >= 4 is 5.78 Å². The van der Waals surface area contributed by atoms with Gasteiger partial charge in [-0.1, -0.05) is 47.0 Å². The lowest BCUT2D eigenvalue weighted by molar-refractivity contribution is -0.183. The molecule has 0 spiro atoms. The Bertz CT molecular complexity index is 667. The molecule has 0 aromatic heterocycles. The molecule has 192 valence electrons. The van der Waals surface area contributed by atoms with Crippen molar-refractivity contribution in [3.05, 3.63) is 0 Å². The predicted molar refractivity (Wildman–Crippen MR) is 127 cm³/mol. The van der Waals surface area contributed by atoms with E-state index in [0.29, 0.717) is 30.6 Å². The summed E-state index contributed by atoms with van der Waals surface area (Å²) in [6, 6.07) is 0. The van der Waals surface area contributed by atoms with Crippen LogP contribution in [0.2, 0.25) is 0 Å². The largest absolute Gasteiger partial charge is 0.396 e. The molecule has 0 unspecified atom stereocenters. The van der Waals surface area contributed by atoms with Gasteiger partial charge in [-0.05, 0) is 67.6 Å². The molecule has 6 nitrogen and oxygen atoms in total. The Hall–Kier alpha value is -0.530. The fourth-order valence-corrected chi connectivity index (χ4v) is 8.17. The number of aliphatic hydroxyl groups is 5. The van der Waals surface area contributed by atoms with Gasteiger partial charge < -0.3 is 25.5 Å². The molecular weight excluding hydrogens is 420 g/mol. The number of carbonyl (C=O) groups excluding carboxylic acids is 1. The molecule has 0 saturated heterocycles. The van der Waals surface area contributed by atoms with Gasteiger partial charge in [0.15, 0.2) is 0 Å². The van der Waals surface area contributed by atoms with Crippen molar-refractivity contribution in [3.63, 3.8) is 0 Å². The fraction of sp³-hybridized carbons (Fsp3) is 0.963. The molecule has 0 aromatic carbocycles. The second kappa shape index (κ2) is 10.6. The number of hydrogen-bond acceptors (Lipinski definition) is 6. The Kier molecular flexibility index (Phi) is 8.70. The smallest absolute Gasteiger partial charge is 0.145 e. The van der Waals surface area contributed by atoms with E-state index in [-0.39, 0.29) is 36.6 Å². The molecular formula is C27H48O6. The van der Waals surface area contributed by atoms with Gasteiger partial charge in [-0.3, -0.25) is 4.79 Å². The van der Waals surface area contributed by atoms with Crippen LogP contribution in [0.1, 0.15) is 85.5 Å². The molecule has 3 aliphatic carbocycles. The van der Waals surface area contributed by atoms with Gasteiger partial charge in [0, 0.05) is 18.4 Å². The zero-order valence-corrected chi connectivity index (χ0v) is 21.1. The van der Waals surface area contributed by atoms with Crippen LogP contribution in [-0.4, -0.2) is 62.8 Å². The standard InChI is InChI=1S/C27H48O6/c1-16(2)6-5-7-17(3)19-8-9-20(26(19,4)10-11-28)18-12-22(30)21-13-23(31)24(32)14-27(21,15-29)25(18)33/h16-24,28-32H,5-15H2,1-4H3/t17-,18+,19-,20+,21+,22-,23-,24+,26-,27-/m1/s1. The van der Waals surface area contributed by atoms with Crippen molar-refractivity contribution in [2.75, 3.05) is 13.2 Å². The van der Waals surface area contributed by atoms with Crippen LogP contribution in [0, 0.1) is 46.3 Å². The molecule has 5 N–H and O–H groups in total. The molecule has 3 fully saturated rings. The van der Waals surface area contributed by atoms with E-state index < -0.39 is 42.2 Å². The maximum Gasteiger partial charge on any atom is 0.145 e.